The third kappa shape index (κ3) is 4.70. The van der Waals surface area contributed by atoms with Crippen LogP contribution in [-0.4, -0.2) is 74.0 Å². The highest BCUT2D eigenvalue weighted by atomic mass is 32.2. The van der Waals surface area contributed by atoms with Gasteiger partial charge in [0.15, 0.2) is 0 Å². The molecule has 3 heterocycles. The maximum Gasteiger partial charge on any atom is 0.257 e. The smallest absolute Gasteiger partial charge is 0.257 e. The Morgan fingerprint density at radius 3 is 2.34 bits per heavy atom. The summed E-state index contributed by atoms with van der Waals surface area (Å²) >= 11 is 0. The summed E-state index contributed by atoms with van der Waals surface area (Å²) in [5.41, 5.74) is 0.664. The lowest BCUT2D eigenvalue weighted by atomic mass is 9.73. The van der Waals surface area contributed by atoms with Crippen molar-refractivity contribution in [3.05, 3.63) is 71.4 Å². The first-order valence-electron chi connectivity index (χ1n) is 12.4. The number of rotatable bonds is 4. The highest BCUT2D eigenvalue weighted by Gasteiger charge is 2.40. The number of sulfonamides is 1. The Hall–Kier alpha value is -3.62. The van der Waals surface area contributed by atoms with Crippen LogP contribution in [0.15, 0.2) is 48.7 Å². The Morgan fingerprint density at radius 1 is 1.03 bits per heavy atom. The second kappa shape index (κ2) is 9.93. The molecule has 2 aliphatic heterocycles. The number of nitrogens with zero attached hydrogens (tertiary/aromatic N) is 5. The van der Waals surface area contributed by atoms with E-state index in [0.717, 1.165) is 6.26 Å². The van der Waals surface area contributed by atoms with E-state index in [9.17, 15) is 27.3 Å². The van der Waals surface area contributed by atoms with Crippen molar-refractivity contribution in [1.29, 1.82) is 5.26 Å². The van der Waals surface area contributed by atoms with Crippen LogP contribution in [0.1, 0.15) is 28.8 Å². The standard InChI is InChI=1S/C27H27F2N5O3S/c1-38(36,37)34-14-12-33(13-15-34)26(35)21-17-31-24-7-6-19(28)16-20(24)25(21)32-10-8-27(18-30,9-11-32)22-4-2-3-5-23(22)29/h2-7,16-17H,8-15H2,1H3. The minimum absolute atomic E-state index is 0.187. The van der Waals surface area contributed by atoms with Gasteiger partial charge in [-0.25, -0.2) is 17.2 Å². The van der Waals surface area contributed by atoms with Gasteiger partial charge in [-0.2, -0.15) is 9.57 Å². The number of piperidine rings is 1. The van der Waals surface area contributed by atoms with Crippen molar-refractivity contribution in [3.63, 3.8) is 0 Å². The molecule has 0 bridgehead atoms. The highest BCUT2D eigenvalue weighted by Crippen LogP contribution is 2.40. The number of amides is 1. The van der Waals surface area contributed by atoms with Crippen LogP contribution in [-0.2, 0) is 15.4 Å². The predicted molar refractivity (Wildman–Crippen MR) is 139 cm³/mol. The minimum atomic E-state index is -3.36. The zero-order chi connectivity index (χ0) is 27.1. The van der Waals surface area contributed by atoms with E-state index in [1.54, 1.807) is 29.2 Å². The quantitative estimate of drug-likeness (QED) is 0.505. The normalized spacial score (nSPS) is 18.4. The summed E-state index contributed by atoms with van der Waals surface area (Å²) in [4.78, 5) is 21.6. The lowest BCUT2D eigenvalue weighted by molar-refractivity contribution is 0.0698. The lowest BCUT2D eigenvalue weighted by Crippen LogP contribution is -2.50. The number of benzene rings is 2. The first kappa shape index (κ1) is 26.0. The number of hydrogen-bond donors (Lipinski definition) is 0. The van der Waals surface area contributed by atoms with Crippen molar-refractivity contribution in [1.82, 2.24) is 14.2 Å². The van der Waals surface area contributed by atoms with Gasteiger partial charge >= 0.3 is 0 Å². The van der Waals surface area contributed by atoms with Gasteiger partial charge in [-0.1, -0.05) is 18.2 Å². The van der Waals surface area contributed by atoms with E-state index >= 15 is 0 Å². The summed E-state index contributed by atoms with van der Waals surface area (Å²) in [6.45, 7) is 1.51. The number of carbonyl (C=O) groups is 1. The van der Waals surface area contributed by atoms with Crippen molar-refractivity contribution in [2.75, 3.05) is 50.4 Å². The third-order valence-corrected chi connectivity index (χ3v) is 8.87. The molecule has 1 amide bonds. The fourth-order valence-corrected chi connectivity index (χ4v) is 6.27. The molecule has 1 aromatic heterocycles. The topological polar surface area (TPSA) is 97.6 Å². The van der Waals surface area contributed by atoms with Crippen LogP contribution in [0.3, 0.4) is 0 Å². The van der Waals surface area contributed by atoms with Crippen molar-refractivity contribution in [2.45, 2.75) is 18.3 Å². The van der Waals surface area contributed by atoms with E-state index in [1.165, 1.54) is 28.7 Å². The fraction of sp³-hybridized carbons (Fsp3) is 0.370. The van der Waals surface area contributed by atoms with Gasteiger partial charge in [-0.3, -0.25) is 9.78 Å². The zero-order valence-corrected chi connectivity index (χ0v) is 21.7. The van der Waals surface area contributed by atoms with E-state index in [-0.39, 0.29) is 37.6 Å². The molecular weight excluding hydrogens is 512 g/mol. The van der Waals surface area contributed by atoms with Crippen LogP contribution in [0.25, 0.3) is 10.9 Å². The Morgan fingerprint density at radius 2 is 1.71 bits per heavy atom. The average molecular weight is 540 g/mol. The molecule has 2 aromatic carbocycles. The van der Waals surface area contributed by atoms with E-state index in [4.69, 9.17) is 0 Å². The fourth-order valence-electron chi connectivity index (χ4n) is 5.44. The van der Waals surface area contributed by atoms with Crippen molar-refractivity contribution in [3.8, 4) is 6.07 Å². The molecule has 11 heteroatoms. The van der Waals surface area contributed by atoms with Gasteiger partial charge in [0.25, 0.3) is 5.91 Å². The molecule has 8 nitrogen and oxygen atoms in total. The number of piperazine rings is 1. The summed E-state index contributed by atoms with van der Waals surface area (Å²) < 4.78 is 54.2. The van der Waals surface area contributed by atoms with E-state index in [1.807, 2.05) is 4.90 Å². The number of hydrogen-bond acceptors (Lipinski definition) is 6. The number of halogens is 2. The van der Waals surface area contributed by atoms with Crippen LogP contribution in [0.5, 0.6) is 0 Å². The summed E-state index contributed by atoms with van der Waals surface area (Å²) in [6, 6.07) is 12.8. The van der Waals surface area contributed by atoms with Crippen LogP contribution < -0.4 is 4.90 Å². The largest absolute Gasteiger partial charge is 0.370 e. The highest BCUT2D eigenvalue weighted by molar-refractivity contribution is 7.88. The molecule has 0 aliphatic carbocycles. The Kier molecular flexibility index (Phi) is 6.79. The molecule has 0 saturated carbocycles. The third-order valence-electron chi connectivity index (χ3n) is 7.56. The minimum Gasteiger partial charge on any atom is -0.370 e. The zero-order valence-electron chi connectivity index (χ0n) is 20.9. The van der Waals surface area contributed by atoms with Crippen LogP contribution >= 0.6 is 0 Å². The molecule has 2 fully saturated rings. The van der Waals surface area contributed by atoms with E-state index < -0.39 is 27.1 Å². The SMILES string of the molecule is CS(=O)(=O)N1CCN(C(=O)c2cnc3ccc(F)cc3c2N2CCC(C#N)(c3ccccc3F)CC2)CC1. The molecular formula is C27H27F2N5O3S. The van der Waals surface area contributed by atoms with Crippen molar-refractivity contribution < 1.29 is 22.0 Å². The molecule has 0 N–H and O–H groups in total. The summed E-state index contributed by atoms with van der Waals surface area (Å²) in [5, 5.41) is 10.5. The van der Waals surface area contributed by atoms with Gasteiger partial charge in [-0.05, 0) is 37.1 Å². The van der Waals surface area contributed by atoms with Gasteiger partial charge in [0.2, 0.25) is 10.0 Å². The number of anilines is 1. The average Bonchev–Trinajstić information content (AvgIpc) is 2.92. The molecule has 198 valence electrons. The lowest BCUT2D eigenvalue weighted by Gasteiger charge is -2.40. The van der Waals surface area contributed by atoms with E-state index in [0.29, 0.717) is 48.1 Å². The Labute approximate surface area is 220 Å². The first-order valence-corrected chi connectivity index (χ1v) is 14.2. The maximum atomic E-state index is 14.7. The van der Waals surface area contributed by atoms with E-state index in [2.05, 4.69) is 11.1 Å². The molecule has 0 radical (unpaired) electrons. The summed E-state index contributed by atoms with van der Waals surface area (Å²) in [7, 11) is -3.36. The van der Waals surface area contributed by atoms with Gasteiger partial charge < -0.3 is 9.80 Å². The molecule has 0 spiro atoms. The van der Waals surface area contributed by atoms with Gasteiger partial charge in [0, 0.05) is 56.4 Å². The monoisotopic (exact) mass is 539 g/mol. The molecule has 2 aliphatic rings. The van der Waals surface area contributed by atoms with Crippen molar-refractivity contribution >= 4 is 32.5 Å². The number of nitriles is 1. The van der Waals surface area contributed by atoms with Crippen LogP contribution in [0, 0.1) is 23.0 Å². The second-order valence-electron chi connectivity index (χ2n) is 9.80. The summed E-state index contributed by atoms with van der Waals surface area (Å²) in [6.07, 6.45) is 3.27. The Bertz CT molecular complexity index is 1540. The van der Waals surface area contributed by atoms with Gasteiger partial charge in [0.05, 0.1) is 34.5 Å². The molecule has 3 aromatic rings. The molecule has 2 saturated heterocycles. The molecule has 5 rings (SSSR count). The summed E-state index contributed by atoms with van der Waals surface area (Å²) in [5.74, 6) is -1.22. The first-order chi connectivity index (χ1) is 18.1. The predicted octanol–water partition coefficient (Wildman–Crippen LogP) is 3.29. The van der Waals surface area contributed by atoms with Gasteiger partial charge in [0.1, 0.15) is 11.6 Å². The van der Waals surface area contributed by atoms with Crippen LogP contribution in [0.4, 0.5) is 14.5 Å². The van der Waals surface area contributed by atoms with Crippen LogP contribution in [0.2, 0.25) is 0 Å². The second-order valence-corrected chi connectivity index (χ2v) is 11.8. The van der Waals surface area contributed by atoms with Crippen molar-refractivity contribution in [2.24, 2.45) is 0 Å². The number of fused-ring (bicyclic) bond motifs is 1. The molecule has 0 atom stereocenters. The number of carbonyl (C=O) groups excluding carboxylic acids is 1. The Balaban J connectivity index is 1.49. The molecule has 38 heavy (non-hydrogen) atoms. The molecule has 0 unspecified atom stereocenters. The maximum absolute atomic E-state index is 14.7. The number of aromatic nitrogens is 1. The number of pyridine rings is 1. The van der Waals surface area contributed by atoms with Gasteiger partial charge in [-0.15, -0.1) is 0 Å².